The van der Waals surface area contributed by atoms with Gasteiger partial charge in [-0.15, -0.1) is 0 Å². The Bertz CT molecular complexity index is 758. The van der Waals surface area contributed by atoms with Gasteiger partial charge in [-0.25, -0.2) is 4.98 Å². The van der Waals surface area contributed by atoms with Crippen LogP contribution in [0.1, 0.15) is 22.8 Å². The molecule has 0 aliphatic heterocycles. The van der Waals surface area contributed by atoms with Crippen LogP contribution in [0.3, 0.4) is 0 Å². The summed E-state index contributed by atoms with van der Waals surface area (Å²) in [6, 6.07) is 15.7. The van der Waals surface area contributed by atoms with E-state index >= 15 is 0 Å². The molecule has 3 nitrogen and oxygen atoms in total. The number of nitrogens with zero attached hydrogens (tertiary/aromatic N) is 2. The second kappa shape index (κ2) is 5.29. The number of carbonyl (C=O) groups excluding carboxylic acids is 1. The van der Waals surface area contributed by atoms with E-state index in [1.165, 1.54) is 5.56 Å². The molecule has 0 bridgehead atoms. The molecule has 0 spiro atoms. The zero-order valence-corrected chi connectivity index (χ0v) is 11.4. The standard InChI is InChI=1S/C17H16N2O/c1-2-13-6-5-7-14(10-13)17(20)11-19-12-18-15-8-3-4-9-16(15)19/h3-10,12H,2,11H2,1H3. The van der Waals surface area contributed by atoms with E-state index in [4.69, 9.17) is 0 Å². The molecule has 0 aliphatic carbocycles. The summed E-state index contributed by atoms with van der Waals surface area (Å²) in [5, 5.41) is 0. The maximum atomic E-state index is 12.4. The van der Waals surface area contributed by atoms with Gasteiger partial charge in [0, 0.05) is 5.56 Å². The summed E-state index contributed by atoms with van der Waals surface area (Å²) in [7, 11) is 0. The largest absolute Gasteiger partial charge is 0.323 e. The van der Waals surface area contributed by atoms with Crippen molar-refractivity contribution in [2.75, 3.05) is 0 Å². The summed E-state index contributed by atoms with van der Waals surface area (Å²) < 4.78 is 1.90. The van der Waals surface area contributed by atoms with Gasteiger partial charge in [0.15, 0.2) is 5.78 Å². The topological polar surface area (TPSA) is 34.9 Å². The van der Waals surface area contributed by atoms with Gasteiger partial charge in [0.2, 0.25) is 0 Å². The first kappa shape index (κ1) is 12.6. The van der Waals surface area contributed by atoms with Crippen LogP contribution in [0, 0.1) is 0 Å². The average Bonchev–Trinajstić information content (AvgIpc) is 2.90. The monoisotopic (exact) mass is 264 g/mol. The highest BCUT2D eigenvalue weighted by molar-refractivity contribution is 5.96. The van der Waals surface area contributed by atoms with Crippen molar-refractivity contribution in [3.8, 4) is 0 Å². The average molecular weight is 264 g/mol. The fourth-order valence-electron chi connectivity index (χ4n) is 2.35. The lowest BCUT2D eigenvalue weighted by molar-refractivity contribution is 0.0973. The normalized spacial score (nSPS) is 10.8. The Labute approximate surface area is 117 Å². The number of hydrogen-bond acceptors (Lipinski definition) is 2. The molecule has 2 aromatic carbocycles. The minimum atomic E-state index is 0.114. The SMILES string of the molecule is CCc1cccc(C(=O)Cn2cnc3ccccc32)c1. The minimum absolute atomic E-state index is 0.114. The van der Waals surface area contributed by atoms with Crippen LogP contribution in [0.2, 0.25) is 0 Å². The van der Waals surface area contributed by atoms with Crippen molar-refractivity contribution in [2.45, 2.75) is 19.9 Å². The third-order valence-corrected chi connectivity index (χ3v) is 3.50. The summed E-state index contributed by atoms with van der Waals surface area (Å²) in [5.74, 6) is 0.114. The second-order valence-corrected chi connectivity index (χ2v) is 4.84. The van der Waals surface area contributed by atoms with Crippen LogP contribution in [-0.2, 0) is 13.0 Å². The summed E-state index contributed by atoms with van der Waals surface area (Å²) in [4.78, 5) is 16.7. The molecule has 0 aliphatic rings. The van der Waals surface area contributed by atoms with Crippen LogP contribution in [0.4, 0.5) is 0 Å². The van der Waals surface area contributed by atoms with Crippen molar-refractivity contribution in [3.05, 3.63) is 66.0 Å². The van der Waals surface area contributed by atoms with Crippen LogP contribution in [0.5, 0.6) is 0 Å². The maximum Gasteiger partial charge on any atom is 0.182 e. The van der Waals surface area contributed by atoms with Gasteiger partial charge in [0.25, 0.3) is 0 Å². The van der Waals surface area contributed by atoms with Crippen molar-refractivity contribution in [1.29, 1.82) is 0 Å². The molecule has 0 unspecified atom stereocenters. The predicted octanol–water partition coefficient (Wildman–Crippen LogP) is 3.48. The number of carbonyl (C=O) groups is 1. The van der Waals surface area contributed by atoms with Gasteiger partial charge in [-0.3, -0.25) is 4.79 Å². The Morgan fingerprint density at radius 2 is 2.00 bits per heavy atom. The third-order valence-electron chi connectivity index (χ3n) is 3.50. The first-order valence-corrected chi connectivity index (χ1v) is 6.80. The van der Waals surface area contributed by atoms with E-state index < -0.39 is 0 Å². The highest BCUT2D eigenvalue weighted by Crippen LogP contribution is 2.13. The van der Waals surface area contributed by atoms with Crippen molar-refractivity contribution < 1.29 is 4.79 Å². The van der Waals surface area contributed by atoms with Crippen LogP contribution >= 0.6 is 0 Å². The quantitative estimate of drug-likeness (QED) is 0.676. The van der Waals surface area contributed by atoms with Crippen LogP contribution < -0.4 is 0 Å². The molecule has 1 heterocycles. The third kappa shape index (κ3) is 2.35. The smallest absolute Gasteiger partial charge is 0.182 e. The minimum Gasteiger partial charge on any atom is -0.323 e. The second-order valence-electron chi connectivity index (χ2n) is 4.84. The summed E-state index contributed by atoms with van der Waals surface area (Å²) in [6.07, 6.45) is 2.67. The molecule has 100 valence electrons. The van der Waals surface area contributed by atoms with Crippen molar-refractivity contribution in [2.24, 2.45) is 0 Å². The number of para-hydroxylation sites is 2. The fraction of sp³-hybridized carbons (Fsp3) is 0.176. The highest BCUT2D eigenvalue weighted by atomic mass is 16.1. The van der Waals surface area contributed by atoms with Crippen LogP contribution in [0.15, 0.2) is 54.9 Å². The van der Waals surface area contributed by atoms with E-state index in [1.54, 1.807) is 6.33 Å². The molecule has 3 rings (SSSR count). The maximum absolute atomic E-state index is 12.4. The van der Waals surface area contributed by atoms with Crippen LogP contribution in [0.25, 0.3) is 11.0 Å². The molecular formula is C17H16N2O. The van der Waals surface area contributed by atoms with E-state index in [0.29, 0.717) is 6.54 Å². The zero-order chi connectivity index (χ0) is 13.9. The Balaban J connectivity index is 1.88. The lowest BCUT2D eigenvalue weighted by Gasteiger charge is -2.05. The molecule has 0 radical (unpaired) electrons. The Morgan fingerprint density at radius 3 is 2.85 bits per heavy atom. The fourth-order valence-corrected chi connectivity index (χ4v) is 2.35. The van der Waals surface area contributed by atoms with Gasteiger partial charge >= 0.3 is 0 Å². The number of benzene rings is 2. The molecule has 3 aromatic rings. The van der Waals surface area contributed by atoms with E-state index in [2.05, 4.69) is 11.9 Å². The number of rotatable bonds is 4. The number of ketones is 1. The molecule has 0 atom stereocenters. The summed E-state index contributed by atoms with van der Waals surface area (Å²) >= 11 is 0. The zero-order valence-electron chi connectivity index (χ0n) is 11.4. The molecule has 0 fully saturated rings. The molecule has 0 N–H and O–H groups in total. The first-order chi connectivity index (χ1) is 9.78. The predicted molar refractivity (Wildman–Crippen MR) is 79.9 cm³/mol. The Hall–Kier alpha value is -2.42. The Morgan fingerprint density at radius 1 is 1.15 bits per heavy atom. The van der Waals surface area contributed by atoms with E-state index in [1.807, 2.05) is 53.1 Å². The summed E-state index contributed by atoms with van der Waals surface area (Å²) in [6.45, 7) is 2.42. The molecule has 0 saturated carbocycles. The van der Waals surface area contributed by atoms with Crippen molar-refractivity contribution in [3.63, 3.8) is 0 Å². The molecular weight excluding hydrogens is 248 g/mol. The molecule has 1 aromatic heterocycles. The molecule has 0 saturated heterocycles. The van der Waals surface area contributed by atoms with Gasteiger partial charge in [0.05, 0.1) is 23.9 Å². The van der Waals surface area contributed by atoms with Gasteiger partial charge in [-0.05, 0) is 30.2 Å². The lowest BCUT2D eigenvalue weighted by atomic mass is 10.1. The van der Waals surface area contributed by atoms with Gasteiger partial charge < -0.3 is 4.57 Å². The molecule has 0 amide bonds. The van der Waals surface area contributed by atoms with Gasteiger partial charge in [-0.2, -0.15) is 0 Å². The molecule has 3 heteroatoms. The molecule has 20 heavy (non-hydrogen) atoms. The van der Waals surface area contributed by atoms with Crippen LogP contribution in [-0.4, -0.2) is 15.3 Å². The lowest BCUT2D eigenvalue weighted by Crippen LogP contribution is -2.09. The van der Waals surface area contributed by atoms with E-state index in [9.17, 15) is 4.79 Å². The van der Waals surface area contributed by atoms with Crippen molar-refractivity contribution >= 4 is 16.8 Å². The van der Waals surface area contributed by atoms with Gasteiger partial charge in [-0.1, -0.05) is 37.3 Å². The first-order valence-electron chi connectivity index (χ1n) is 6.80. The Kier molecular flexibility index (Phi) is 3.33. The number of Topliss-reactive ketones (excluding diaryl/α,β-unsaturated/α-hetero) is 1. The number of aryl methyl sites for hydroxylation is 1. The number of aromatic nitrogens is 2. The van der Waals surface area contributed by atoms with Crippen molar-refractivity contribution in [1.82, 2.24) is 9.55 Å². The number of imidazole rings is 1. The number of fused-ring (bicyclic) bond motifs is 1. The van der Waals surface area contributed by atoms with E-state index in [0.717, 1.165) is 23.0 Å². The van der Waals surface area contributed by atoms with E-state index in [-0.39, 0.29) is 5.78 Å². The number of hydrogen-bond donors (Lipinski definition) is 0. The summed E-state index contributed by atoms with van der Waals surface area (Å²) in [5.41, 5.74) is 3.86. The van der Waals surface area contributed by atoms with Gasteiger partial charge in [0.1, 0.15) is 0 Å². The highest BCUT2D eigenvalue weighted by Gasteiger charge is 2.09.